The van der Waals surface area contributed by atoms with Crippen molar-refractivity contribution in [1.29, 1.82) is 0 Å². The Labute approximate surface area is 347 Å². The Morgan fingerprint density at radius 2 is 0.817 bits per heavy atom. The second-order valence-electron chi connectivity index (χ2n) is 14.8. The molecule has 5 heteroatoms. The van der Waals surface area contributed by atoms with Gasteiger partial charge in [0.25, 0.3) is 0 Å². The molecule has 11 rings (SSSR count). The average molecular weight is 769 g/mol. The van der Waals surface area contributed by atoms with Gasteiger partial charge in [-0.05, 0) is 87.6 Å². The van der Waals surface area contributed by atoms with Crippen molar-refractivity contribution < 1.29 is 4.42 Å². The molecule has 0 atom stereocenters. The third kappa shape index (κ3) is 6.45. The summed E-state index contributed by atoms with van der Waals surface area (Å²) in [5.41, 5.74) is 11.8. The van der Waals surface area contributed by atoms with Gasteiger partial charge in [0, 0.05) is 39.0 Å². The molecule has 11 aromatic rings. The highest BCUT2D eigenvalue weighted by Gasteiger charge is 2.22. The molecule has 0 aliphatic rings. The lowest BCUT2D eigenvalue weighted by molar-refractivity contribution is 0.670. The molecule has 282 valence electrons. The van der Waals surface area contributed by atoms with Gasteiger partial charge in [-0.15, -0.1) is 0 Å². The van der Waals surface area contributed by atoms with E-state index in [1.807, 2.05) is 66.7 Å². The third-order valence-electron chi connectivity index (χ3n) is 11.1. The smallest absolute Gasteiger partial charge is 0.167 e. The fraction of sp³-hybridized carbons (Fsp3) is 0. The molecule has 2 heterocycles. The third-order valence-corrected chi connectivity index (χ3v) is 11.1. The van der Waals surface area contributed by atoms with Crippen molar-refractivity contribution in [3.05, 3.63) is 218 Å². The summed E-state index contributed by atoms with van der Waals surface area (Å²) < 4.78 is 6.95. The first-order valence-electron chi connectivity index (χ1n) is 20.1. The van der Waals surface area contributed by atoms with Crippen LogP contribution in [0.25, 0.3) is 89.1 Å². The predicted octanol–water partition coefficient (Wildman–Crippen LogP) is 14.7. The zero-order chi connectivity index (χ0) is 39.8. The maximum atomic E-state index is 6.95. The summed E-state index contributed by atoms with van der Waals surface area (Å²) in [6.45, 7) is 0. The molecule has 60 heavy (non-hydrogen) atoms. The molecule has 0 bridgehead atoms. The summed E-state index contributed by atoms with van der Waals surface area (Å²) >= 11 is 0. The van der Waals surface area contributed by atoms with E-state index in [1.165, 1.54) is 11.1 Å². The van der Waals surface area contributed by atoms with E-state index in [0.717, 1.165) is 77.6 Å². The number of rotatable bonds is 8. The Morgan fingerprint density at radius 1 is 0.333 bits per heavy atom. The first-order chi connectivity index (χ1) is 29.7. The van der Waals surface area contributed by atoms with Crippen LogP contribution in [0.5, 0.6) is 0 Å². The van der Waals surface area contributed by atoms with Gasteiger partial charge in [-0.25, -0.2) is 15.0 Å². The molecule has 5 nitrogen and oxygen atoms in total. The largest absolute Gasteiger partial charge is 0.455 e. The summed E-state index contributed by atoms with van der Waals surface area (Å²) in [7, 11) is 0. The van der Waals surface area contributed by atoms with Crippen molar-refractivity contribution in [3.63, 3.8) is 0 Å². The van der Waals surface area contributed by atoms with E-state index in [4.69, 9.17) is 19.4 Å². The number of fused-ring (bicyclic) bond motifs is 4. The van der Waals surface area contributed by atoms with Gasteiger partial charge >= 0.3 is 0 Å². The van der Waals surface area contributed by atoms with Crippen molar-refractivity contribution in [1.82, 2.24) is 15.0 Å². The Morgan fingerprint density at radius 3 is 1.47 bits per heavy atom. The standard InChI is InChI=1S/C55H36N4O/c1-5-16-37(17-6-1)38-28-30-45(31-29-38)59(44-25-11-4-12-26-44)46-27-15-24-43(34-46)47-32-33-48(52-51(47)49-35-41-22-13-14-23-42(41)36-50(49)60-52)55-57-53(39-18-7-2-8-19-39)56-54(58-55)40-20-9-3-10-21-40/h1-36H. The Balaban J connectivity index is 1.11. The zero-order valence-corrected chi connectivity index (χ0v) is 32.5. The lowest BCUT2D eigenvalue weighted by Gasteiger charge is -2.26. The quantitative estimate of drug-likeness (QED) is 0.154. The van der Waals surface area contributed by atoms with Gasteiger partial charge in [-0.2, -0.15) is 0 Å². The number of benzene rings is 9. The Bertz CT molecular complexity index is 3240. The van der Waals surface area contributed by atoms with Crippen LogP contribution in [0, 0.1) is 0 Å². The van der Waals surface area contributed by atoms with Gasteiger partial charge in [-0.3, -0.25) is 0 Å². The van der Waals surface area contributed by atoms with Gasteiger partial charge in [0.1, 0.15) is 11.2 Å². The van der Waals surface area contributed by atoms with Gasteiger partial charge in [0.15, 0.2) is 17.5 Å². The number of aromatic nitrogens is 3. The number of hydrogen-bond donors (Lipinski definition) is 0. The van der Waals surface area contributed by atoms with Crippen molar-refractivity contribution in [2.45, 2.75) is 0 Å². The van der Waals surface area contributed by atoms with E-state index in [9.17, 15) is 0 Å². The summed E-state index contributed by atoms with van der Waals surface area (Å²) in [5, 5.41) is 4.29. The highest BCUT2D eigenvalue weighted by molar-refractivity contribution is 6.18. The molecule has 0 amide bonds. The van der Waals surface area contributed by atoms with Crippen molar-refractivity contribution in [2.24, 2.45) is 0 Å². The zero-order valence-electron chi connectivity index (χ0n) is 32.5. The molecule has 0 saturated carbocycles. The summed E-state index contributed by atoms with van der Waals surface area (Å²) in [6.07, 6.45) is 0. The van der Waals surface area contributed by atoms with Crippen LogP contribution in [0.4, 0.5) is 17.1 Å². The maximum absolute atomic E-state index is 6.95. The Kier molecular flexibility index (Phi) is 8.75. The van der Waals surface area contributed by atoms with Crippen LogP contribution in [-0.2, 0) is 0 Å². The molecule has 0 spiro atoms. The molecule has 0 unspecified atom stereocenters. The molecule has 0 aliphatic heterocycles. The summed E-state index contributed by atoms with van der Waals surface area (Å²) in [5.74, 6) is 1.75. The van der Waals surface area contributed by atoms with Gasteiger partial charge in [-0.1, -0.05) is 164 Å². The number of para-hydroxylation sites is 1. The predicted molar refractivity (Wildman–Crippen MR) is 246 cm³/mol. The SMILES string of the molecule is c1ccc(-c2ccc(N(c3ccccc3)c3cccc(-c4ccc(-c5nc(-c6ccccc6)nc(-c6ccccc6)n5)c5oc6cc7ccccc7cc6c45)c3)cc2)cc1. The molecule has 0 radical (unpaired) electrons. The molecule has 0 fully saturated rings. The van der Waals surface area contributed by atoms with Crippen molar-refractivity contribution in [3.8, 4) is 56.4 Å². The lowest BCUT2D eigenvalue weighted by atomic mass is 9.95. The van der Waals surface area contributed by atoms with Crippen LogP contribution in [0.15, 0.2) is 223 Å². The number of furan rings is 1. The average Bonchev–Trinajstić information content (AvgIpc) is 3.70. The Hall–Kier alpha value is -8.15. The van der Waals surface area contributed by atoms with E-state index < -0.39 is 0 Å². The topological polar surface area (TPSA) is 55.1 Å². The van der Waals surface area contributed by atoms with E-state index in [1.54, 1.807) is 0 Å². The van der Waals surface area contributed by atoms with E-state index in [-0.39, 0.29) is 0 Å². The summed E-state index contributed by atoms with van der Waals surface area (Å²) in [6, 6.07) is 75.8. The number of anilines is 3. The van der Waals surface area contributed by atoms with E-state index in [0.29, 0.717) is 17.5 Å². The second kappa shape index (κ2) is 15.0. The molecule has 0 N–H and O–H groups in total. The molecule has 0 saturated heterocycles. The first kappa shape index (κ1) is 35.0. The highest BCUT2D eigenvalue weighted by Crippen LogP contribution is 2.44. The molecule has 0 aliphatic carbocycles. The second-order valence-corrected chi connectivity index (χ2v) is 14.8. The van der Waals surface area contributed by atoms with Crippen LogP contribution in [-0.4, -0.2) is 15.0 Å². The normalized spacial score (nSPS) is 11.3. The van der Waals surface area contributed by atoms with E-state index >= 15 is 0 Å². The lowest BCUT2D eigenvalue weighted by Crippen LogP contribution is -2.09. The minimum absolute atomic E-state index is 0.547. The molecule has 9 aromatic carbocycles. The fourth-order valence-corrected chi connectivity index (χ4v) is 8.18. The highest BCUT2D eigenvalue weighted by atomic mass is 16.3. The van der Waals surface area contributed by atoms with Crippen LogP contribution in [0.1, 0.15) is 0 Å². The maximum Gasteiger partial charge on any atom is 0.167 e. The fourth-order valence-electron chi connectivity index (χ4n) is 8.18. The monoisotopic (exact) mass is 768 g/mol. The first-order valence-corrected chi connectivity index (χ1v) is 20.1. The van der Waals surface area contributed by atoms with Crippen LogP contribution in [0.2, 0.25) is 0 Å². The van der Waals surface area contributed by atoms with Gasteiger partial charge in [0.2, 0.25) is 0 Å². The molecular formula is C55H36N4O. The van der Waals surface area contributed by atoms with E-state index in [2.05, 4.69) is 157 Å². The number of nitrogens with zero attached hydrogens (tertiary/aromatic N) is 4. The molecule has 2 aromatic heterocycles. The van der Waals surface area contributed by atoms with Crippen LogP contribution >= 0.6 is 0 Å². The number of hydrogen-bond acceptors (Lipinski definition) is 5. The van der Waals surface area contributed by atoms with Gasteiger partial charge < -0.3 is 9.32 Å². The van der Waals surface area contributed by atoms with Crippen molar-refractivity contribution in [2.75, 3.05) is 4.90 Å². The van der Waals surface area contributed by atoms with Crippen LogP contribution < -0.4 is 4.90 Å². The minimum atomic E-state index is 0.547. The van der Waals surface area contributed by atoms with Gasteiger partial charge in [0.05, 0.1) is 5.56 Å². The minimum Gasteiger partial charge on any atom is -0.455 e. The van der Waals surface area contributed by atoms with Crippen molar-refractivity contribution >= 4 is 49.8 Å². The van der Waals surface area contributed by atoms with Crippen LogP contribution in [0.3, 0.4) is 0 Å². The molecular weight excluding hydrogens is 733 g/mol. The summed E-state index contributed by atoms with van der Waals surface area (Å²) in [4.78, 5) is 17.5.